The molecular weight excluding hydrogens is 311 g/mol. The summed E-state index contributed by atoms with van der Waals surface area (Å²) in [6.45, 7) is 1.92. The number of hydrogen-bond acceptors (Lipinski definition) is 4. The molecule has 1 aromatic carbocycles. The third-order valence-corrected chi connectivity index (χ3v) is 4.03. The first kappa shape index (κ1) is 16.6. The predicted molar refractivity (Wildman–Crippen MR) is 86.8 cm³/mol. The molecule has 1 aliphatic heterocycles. The Morgan fingerprint density at radius 1 is 1.58 bits per heavy atom. The molecule has 1 aliphatic rings. The lowest BCUT2D eigenvalue weighted by atomic mass is 10.0. The molecule has 3 rings (SSSR count). The molecule has 0 radical (unpaired) electrons. The van der Waals surface area contributed by atoms with Gasteiger partial charge in [0.15, 0.2) is 0 Å². The van der Waals surface area contributed by atoms with Crippen LogP contribution >= 0.6 is 0 Å². The van der Waals surface area contributed by atoms with E-state index in [0.29, 0.717) is 31.0 Å². The monoisotopic (exact) mass is 332 g/mol. The lowest BCUT2D eigenvalue weighted by Crippen LogP contribution is -2.44. The Morgan fingerprint density at radius 2 is 2.46 bits per heavy atom. The van der Waals surface area contributed by atoms with Gasteiger partial charge >= 0.3 is 0 Å². The number of ether oxygens (including phenoxy) is 1. The molecule has 0 saturated carbocycles. The highest BCUT2D eigenvalue weighted by molar-refractivity contribution is 5.77. The Bertz CT molecular complexity index is 697. The molecule has 1 aromatic heterocycles. The maximum Gasteiger partial charge on any atom is 0.222 e. The highest BCUT2D eigenvalue weighted by Crippen LogP contribution is 2.21. The van der Waals surface area contributed by atoms with Gasteiger partial charge in [0.05, 0.1) is 13.2 Å². The van der Waals surface area contributed by atoms with Crippen molar-refractivity contribution >= 4 is 5.91 Å². The molecule has 6 nitrogen and oxygen atoms in total. The molecule has 2 unspecified atom stereocenters. The van der Waals surface area contributed by atoms with E-state index in [2.05, 4.69) is 15.6 Å². The van der Waals surface area contributed by atoms with Gasteiger partial charge in [-0.3, -0.25) is 4.79 Å². The lowest BCUT2D eigenvalue weighted by Gasteiger charge is -2.25. The van der Waals surface area contributed by atoms with Gasteiger partial charge in [0.2, 0.25) is 5.91 Å². The van der Waals surface area contributed by atoms with Gasteiger partial charge in [-0.05, 0) is 17.7 Å². The first-order chi connectivity index (χ1) is 11.6. The topological polar surface area (TPSA) is 68.2 Å². The molecule has 2 heterocycles. The zero-order valence-electron chi connectivity index (χ0n) is 13.5. The van der Waals surface area contributed by atoms with Gasteiger partial charge in [0, 0.05) is 38.4 Å². The number of morpholine rings is 1. The Labute approximate surface area is 140 Å². The number of nitrogens with zero attached hydrogens (tertiary/aromatic N) is 2. The van der Waals surface area contributed by atoms with Crippen LogP contribution in [0, 0.1) is 5.82 Å². The smallest absolute Gasteiger partial charge is 0.222 e. The summed E-state index contributed by atoms with van der Waals surface area (Å²) in [5, 5.41) is 6.22. The van der Waals surface area contributed by atoms with Crippen molar-refractivity contribution in [3.8, 4) is 0 Å². The SMILES string of the molecule is Cn1ccnc1C(NC(=O)CC1COCCN1)c1cccc(F)c1. The van der Waals surface area contributed by atoms with E-state index in [1.807, 2.05) is 11.6 Å². The number of aryl methyl sites for hydroxylation is 1. The number of carbonyl (C=O) groups excluding carboxylic acids is 1. The average molecular weight is 332 g/mol. The average Bonchev–Trinajstić information content (AvgIpc) is 2.99. The number of halogens is 1. The minimum Gasteiger partial charge on any atom is -0.378 e. The van der Waals surface area contributed by atoms with E-state index in [1.54, 1.807) is 24.5 Å². The van der Waals surface area contributed by atoms with E-state index in [-0.39, 0.29) is 17.8 Å². The minimum absolute atomic E-state index is 0.00622. The Kier molecular flexibility index (Phi) is 5.22. The second-order valence-corrected chi connectivity index (χ2v) is 5.88. The van der Waals surface area contributed by atoms with E-state index >= 15 is 0 Å². The summed E-state index contributed by atoms with van der Waals surface area (Å²) in [4.78, 5) is 16.8. The molecule has 0 bridgehead atoms. The van der Waals surface area contributed by atoms with Crippen LogP contribution in [0.4, 0.5) is 4.39 Å². The first-order valence-corrected chi connectivity index (χ1v) is 7.96. The van der Waals surface area contributed by atoms with Crippen LogP contribution in [0.2, 0.25) is 0 Å². The number of aromatic nitrogens is 2. The van der Waals surface area contributed by atoms with Gasteiger partial charge < -0.3 is 19.9 Å². The standard InChI is InChI=1S/C17H21FN4O2/c1-22-7-5-20-17(22)16(12-3-2-4-13(18)9-12)21-15(23)10-14-11-24-8-6-19-14/h2-5,7,9,14,16,19H,6,8,10-11H2,1H3,(H,21,23). The predicted octanol–water partition coefficient (Wildman–Crippen LogP) is 1.14. The Hall–Kier alpha value is -2.25. The maximum absolute atomic E-state index is 13.6. The number of rotatable bonds is 5. The molecular formula is C17H21FN4O2. The van der Waals surface area contributed by atoms with Gasteiger partial charge in [-0.2, -0.15) is 0 Å². The molecule has 2 aromatic rings. The molecule has 0 aliphatic carbocycles. The van der Waals surface area contributed by atoms with Crippen molar-refractivity contribution in [2.45, 2.75) is 18.5 Å². The van der Waals surface area contributed by atoms with Gasteiger partial charge in [-0.25, -0.2) is 9.37 Å². The van der Waals surface area contributed by atoms with E-state index in [1.165, 1.54) is 12.1 Å². The van der Waals surface area contributed by atoms with Crippen LogP contribution in [0.25, 0.3) is 0 Å². The minimum atomic E-state index is -0.502. The van der Waals surface area contributed by atoms with Crippen molar-refractivity contribution in [1.29, 1.82) is 0 Å². The van der Waals surface area contributed by atoms with Crippen molar-refractivity contribution in [1.82, 2.24) is 20.2 Å². The summed E-state index contributed by atoms with van der Waals surface area (Å²) in [5.74, 6) is 0.181. The van der Waals surface area contributed by atoms with Crippen LogP contribution in [0.5, 0.6) is 0 Å². The van der Waals surface area contributed by atoms with Crippen molar-refractivity contribution in [2.24, 2.45) is 7.05 Å². The molecule has 1 fully saturated rings. The summed E-state index contributed by atoms with van der Waals surface area (Å²) < 4.78 is 20.8. The zero-order valence-corrected chi connectivity index (χ0v) is 13.5. The van der Waals surface area contributed by atoms with Crippen LogP contribution in [0.1, 0.15) is 23.9 Å². The number of imidazole rings is 1. The fourth-order valence-corrected chi connectivity index (χ4v) is 2.83. The van der Waals surface area contributed by atoms with Crippen LogP contribution in [-0.2, 0) is 16.6 Å². The summed E-state index contributed by atoms with van der Waals surface area (Å²) in [5.41, 5.74) is 0.658. The number of nitrogens with one attached hydrogen (secondary N) is 2. The van der Waals surface area contributed by atoms with E-state index in [9.17, 15) is 9.18 Å². The highest BCUT2D eigenvalue weighted by atomic mass is 19.1. The zero-order chi connectivity index (χ0) is 16.9. The molecule has 128 valence electrons. The fraction of sp³-hybridized carbons (Fsp3) is 0.412. The van der Waals surface area contributed by atoms with Crippen LogP contribution in [0.15, 0.2) is 36.7 Å². The number of carbonyl (C=O) groups is 1. The fourth-order valence-electron chi connectivity index (χ4n) is 2.83. The van der Waals surface area contributed by atoms with Gasteiger partial charge in [-0.1, -0.05) is 12.1 Å². The normalized spacial score (nSPS) is 19.0. The maximum atomic E-state index is 13.6. The van der Waals surface area contributed by atoms with Gasteiger partial charge in [-0.15, -0.1) is 0 Å². The number of amides is 1. The lowest BCUT2D eigenvalue weighted by molar-refractivity contribution is -0.122. The second-order valence-electron chi connectivity index (χ2n) is 5.88. The van der Waals surface area contributed by atoms with Gasteiger partial charge in [0.25, 0.3) is 0 Å². The van der Waals surface area contributed by atoms with Crippen LogP contribution in [-0.4, -0.2) is 41.3 Å². The summed E-state index contributed by atoms with van der Waals surface area (Å²) in [7, 11) is 1.84. The van der Waals surface area contributed by atoms with Crippen molar-refractivity contribution in [3.63, 3.8) is 0 Å². The quantitative estimate of drug-likeness (QED) is 0.862. The van der Waals surface area contributed by atoms with Crippen LogP contribution in [0.3, 0.4) is 0 Å². The third kappa shape index (κ3) is 3.98. The Balaban J connectivity index is 1.77. The Morgan fingerprint density at radius 3 is 3.12 bits per heavy atom. The van der Waals surface area contributed by atoms with Crippen molar-refractivity contribution in [2.75, 3.05) is 19.8 Å². The first-order valence-electron chi connectivity index (χ1n) is 7.96. The molecule has 1 amide bonds. The summed E-state index contributed by atoms with van der Waals surface area (Å²) in [6, 6.07) is 5.70. The molecule has 2 atom stereocenters. The van der Waals surface area contributed by atoms with Gasteiger partial charge in [0.1, 0.15) is 17.7 Å². The second kappa shape index (κ2) is 7.55. The molecule has 24 heavy (non-hydrogen) atoms. The largest absolute Gasteiger partial charge is 0.378 e. The van der Waals surface area contributed by atoms with E-state index in [4.69, 9.17) is 4.74 Å². The van der Waals surface area contributed by atoms with Crippen molar-refractivity contribution < 1.29 is 13.9 Å². The van der Waals surface area contributed by atoms with E-state index < -0.39 is 6.04 Å². The molecule has 2 N–H and O–H groups in total. The van der Waals surface area contributed by atoms with Crippen molar-refractivity contribution in [3.05, 3.63) is 53.9 Å². The number of hydrogen-bond donors (Lipinski definition) is 2. The summed E-state index contributed by atoms with van der Waals surface area (Å²) >= 11 is 0. The van der Waals surface area contributed by atoms with E-state index in [0.717, 1.165) is 6.54 Å². The number of benzene rings is 1. The molecule has 1 saturated heterocycles. The molecule has 0 spiro atoms. The summed E-state index contributed by atoms with van der Waals surface area (Å²) in [6.07, 6.45) is 3.75. The van der Waals surface area contributed by atoms with Crippen LogP contribution < -0.4 is 10.6 Å². The third-order valence-electron chi connectivity index (χ3n) is 4.03. The molecule has 7 heteroatoms. The highest BCUT2D eigenvalue weighted by Gasteiger charge is 2.23.